The van der Waals surface area contributed by atoms with Gasteiger partial charge in [-0.05, 0) is 57.2 Å². The van der Waals surface area contributed by atoms with Gasteiger partial charge in [-0.1, -0.05) is 11.6 Å². The van der Waals surface area contributed by atoms with Crippen molar-refractivity contribution in [1.29, 1.82) is 0 Å². The van der Waals surface area contributed by atoms with E-state index in [0.29, 0.717) is 0 Å². The maximum atomic E-state index is 13.6. The van der Waals surface area contributed by atoms with Gasteiger partial charge < -0.3 is 14.6 Å². The van der Waals surface area contributed by atoms with Crippen LogP contribution in [0.4, 0.5) is 16.2 Å². The molecule has 0 fully saturated rings. The van der Waals surface area contributed by atoms with Gasteiger partial charge in [-0.3, -0.25) is 9.21 Å². The Labute approximate surface area is 191 Å². The average Bonchev–Trinajstić information content (AvgIpc) is 2.71. The second-order valence-electron chi connectivity index (χ2n) is 8.01. The molecule has 1 aliphatic rings. The maximum Gasteiger partial charge on any atom is 0.414 e. The van der Waals surface area contributed by atoms with Crippen molar-refractivity contribution in [1.82, 2.24) is 0 Å². The van der Waals surface area contributed by atoms with Crippen LogP contribution >= 0.6 is 11.6 Å². The Kier molecular flexibility index (Phi) is 6.30. The lowest BCUT2D eigenvalue weighted by molar-refractivity contribution is 0.0579. The van der Waals surface area contributed by atoms with E-state index in [1.165, 1.54) is 48.4 Å². The highest BCUT2D eigenvalue weighted by Gasteiger charge is 2.37. The molecule has 0 bridgehead atoms. The SMILES string of the molecule is COc1ccc(Cl)cc1S(=O)(=O)N1CCN(C(=O)OC(C)(C)C)c2ccc(C(=O)O)cc21. The van der Waals surface area contributed by atoms with Gasteiger partial charge in [-0.2, -0.15) is 0 Å². The van der Waals surface area contributed by atoms with Crippen LogP contribution in [0.3, 0.4) is 0 Å². The minimum Gasteiger partial charge on any atom is -0.495 e. The highest BCUT2D eigenvalue weighted by molar-refractivity contribution is 7.93. The number of amides is 1. The third-order valence-corrected chi connectivity index (χ3v) is 6.69. The number of hydrogen-bond acceptors (Lipinski definition) is 6. The lowest BCUT2D eigenvalue weighted by atomic mass is 10.1. The van der Waals surface area contributed by atoms with E-state index >= 15 is 0 Å². The van der Waals surface area contributed by atoms with E-state index in [9.17, 15) is 23.1 Å². The molecule has 0 aliphatic carbocycles. The summed E-state index contributed by atoms with van der Waals surface area (Å²) in [6.45, 7) is 5.01. The molecule has 0 unspecified atom stereocenters. The zero-order chi connectivity index (χ0) is 23.8. The fourth-order valence-corrected chi connectivity index (χ4v) is 5.13. The van der Waals surface area contributed by atoms with E-state index < -0.39 is 27.7 Å². The van der Waals surface area contributed by atoms with Gasteiger partial charge in [-0.15, -0.1) is 0 Å². The quantitative estimate of drug-likeness (QED) is 0.700. The van der Waals surface area contributed by atoms with Gasteiger partial charge in [-0.25, -0.2) is 18.0 Å². The summed E-state index contributed by atoms with van der Waals surface area (Å²) in [6, 6.07) is 8.09. The summed E-state index contributed by atoms with van der Waals surface area (Å²) in [5.41, 5.74) is -0.660. The number of benzene rings is 2. The number of halogens is 1. The summed E-state index contributed by atoms with van der Waals surface area (Å²) in [4.78, 5) is 25.4. The highest BCUT2D eigenvalue weighted by Crippen LogP contribution is 2.40. The largest absolute Gasteiger partial charge is 0.495 e. The average molecular weight is 483 g/mol. The number of fused-ring (bicyclic) bond motifs is 1. The number of methoxy groups -OCH3 is 1. The Balaban J connectivity index is 2.16. The molecule has 0 saturated carbocycles. The molecule has 1 heterocycles. The monoisotopic (exact) mass is 482 g/mol. The molecule has 1 amide bonds. The Morgan fingerprint density at radius 1 is 1.06 bits per heavy atom. The predicted molar refractivity (Wildman–Crippen MR) is 120 cm³/mol. The van der Waals surface area contributed by atoms with E-state index in [2.05, 4.69) is 0 Å². The summed E-state index contributed by atoms with van der Waals surface area (Å²) in [7, 11) is -2.88. The normalized spacial score (nSPS) is 14.0. The third kappa shape index (κ3) is 4.61. The number of aromatic carboxylic acids is 1. The van der Waals surface area contributed by atoms with Gasteiger partial charge in [0, 0.05) is 11.6 Å². The number of sulfonamides is 1. The summed E-state index contributed by atoms with van der Waals surface area (Å²) in [6.07, 6.45) is -0.667. The van der Waals surface area contributed by atoms with Crippen molar-refractivity contribution in [2.24, 2.45) is 0 Å². The molecule has 1 N–H and O–H groups in total. The predicted octanol–water partition coefficient (Wildman–Crippen LogP) is 4.00. The van der Waals surface area contributed by atoms with Gasteiger partial charge >= 0.3 is 12.1 Å². The molecule has 0 aromatic heterocycles. The first-order valence-corrected chi connectivity index (χ1v) is 11.4. The van der Waals surface area contributed by atoms with Crippen LogP contribution in [0.2, 0.25) is 5.02 Å². The standard InChI is InChI=1S/C21H23ClN2O7S/c1-21(2,3)31-20(27)23-9-10-24(16-11-13(19(25)26)5-7-15(16)23)32(28,29)18-12-14(22)6-8-17(18)30-4/h5-8,11-12H,9-10H2,1-4H3,(H,25,26). The van der Waals surface area contributed by atoms with Crippen molar-refractivity contribution in [2.45, 2.75) is 31.3 Å². The van der Waals surface area contributed by atoms with E-state index in [4.69, 9.17) is 21.1 Å². The molecular formula is C21H23ClN2O7S. The molecule has 0 spiro atoms. The Morgan fingerprint density at radius 2 is 1.75 bits per heavy atom. The lowest BCUT2D eigenvalue weighted by Gasteiger charge is -2.37. The van der Waals surface area contributed by atoms with Gasteiger partial charge in [0.05, 0.1) is 30.6 Å². The summed E-state index contributed by atoms with van der Waals surface area (Å²) in [5.74, 6) is -1.15. The summed E-state index contributed by atoms with van der Waals surface area (Å²) in [5, 5.41) is 9.62. The molecule has 0 radical (unpaired) electrons. The molecule has 0 saturated heterocycles. The van der Waals surface area contributed by atoms with Crippen LogP contribution in [0.15, 0.2) is 41.3 Å². The topological polar surface area (TPSA) is 113 Å². The minimum absolute atomic E-state index is 0.00353. The molecule has 0 atom stereocenters. The number of nitrogens with zero attached hydrogens (tertiary/aromatic N) is 2. The number of carbonyl (C=O) groups is 2. The lowest BCUT2D eigenvalue weighted by Crippen LogP contribution is -2.48. The van der Waals surface area contributed by atoms with Gasteiger partial charge in [0.15, 0.2) is 0 Å². The second kappa shape index (κ2) is 8.51. The highest BCUT2D eigenvalue weighted by atomic mass is 35.5. The minimum atomic E-state index is -4.22. The van der Waals surface area contributed by atoms with Crippen LogP contribution in [0.1, 0.15) is 31.1 Å². The maximum absolute atomic E-state index is 13.6. The molecule has 2 aromatic carbocycles. The Hall–Kier alpha value is -2.98. The molecule has 3 rings (SSSR count). The van der Waals surface area contributed by atoms with Crippen LogP contribution in [-0.4, -0.2) is 51.4 Å². The fourth-order valence-electron chi connectivity index (χ4n) is 3.24. The number of carbonyl (C=O) groups excluding carboxylic acids is 1. The van der Waals surface area contributed by atoms with Crippen molar-refractivity contribution < 1.29 is 32.6 Å². The van der Waals surface area contributed by atoms with Crippen molar-refractivity contribution in [2.75, 3.05) is 29.4 Å². The number of anilines is 2. The first kappa shape index (κ1) is 23.7. The van der Waals surface area contributed by atoms with Crippen LogP contribution in [-0.2, 0) is 14.8 Å². The summed E-state index contributed by atoms with van der Waals surface area (Å²) < 4.78 is 38.8. The van der Waals surface area contributed by atoms with Crippen LogP contribution in [0, 0.1) is 0 Å². The molecule has 2 aromatic rings. The number of rotatable bonds is 4. The first-order chi connectivity index (χ1) is 14.8. The fraction of sp³-hybridized carbons (Fsp3) is 0.333. The van der Waals surface area contributed by atoms with Crippen molar-refractivity contribution in [3.63, 3.8) is 0 Å². The number of carboxylic acids is 1. The van der Waals surface area contributed by atoms with Crippen LogP contribution in [0.5, 0.6) is 5.75 Å². The third-order valence-electron chi connectivity index (χ3n) is 4.62. The first-order valence-electron chi connectivity index (χ1n) is 9.59. The van der Waals surface area contributed by atoms with Crippen molar-refractivity contribution in [3.05, 3.63) is 47.0 Å². The molecule has 32 heavy (non-hydrogen) atoms. The molecule has 172 valence electrons. The molecular weight excluding hydrogens is 460 g/mol. The number of ether oxygens (including phenoxy) is 2. The van der Waals surface area contributed by atoms with Crippen LogP contribution in [0.25, 0.3) is 0 Å². The smallest absolute Gasteiger partial charge is 0.414 e. The van der Waals surface area contributed by atoms with Crippen LogP contribution < -0.4 is 13.9 Å². The van der Waals surface area contributed by atoms with Crippen molar-refractivity contribution in [3.8, 4) is 5.75 Å². The number of carboxylic acid groups (broad SMARTS) is 1. The molecule has 9 nitrogen and oxygen atoms in total. The van der Waals surface area contributed by atoms with Gasteiger partial charge in [0.25, 0.3) is 10.0 Å². The van der Waals surface area contributed by atoms with E-state index in [1.54, 1.807) is 20.8 Å². The molecule has 1 aliphatic heterocycles. The summed E-state index contributed by atoms with van der Waals surface area (Å²) >= 11 is 6.03. The van der Waals surface area contributed by atoms with E-state index in [1.807, 2.05) is 0 Å². The molecule has 11 heteroatoms. The zero-order valence-corrected chi connectivity index (χ0v) is 19.5. The zero-order valence-electron chi connectivity index (χ0n) is 18.0. The van der Waals surface area contributed by atoms with Crippen molar-refractivity contribution >= 4 is 45.1 Å². The second-order valence-corrected chi connectivity index (χ2v) is 10.3. The van der Waals surface area contributed by atoms with E-state index in [0.717, 1.165) is 4.31 Å². The Bertz CT molecular complexity index is 1180. The van der Waals surface area contributed by atoms with Gasteiger partial charge in [0.2, 0.25) is 0 Å². The van der Waals surface area contributed by atoms with Gasteiger partial charge in [0.1, 0.15) is 16.2 Å². The Morgan fingerprint density at radius 3 is 2.34 bits per heavy atom. The van der Waals surface area contributed by atoms with E-state index in [-0.39, 0.29) is 45.7 Å². The number of hydrogen-bond donors (Lipinski definition) is 1.